The fourth-order valence-corrected chi connectivity index (χ4v) is 3.36. The SMILES string of the molecule is CCNC(=NCC1(CCOC)CC1)N1CCCC(CC(N)=O)C1.I. The first-order chi connectivity index (χ1) is 11.1. The van der Waals surface area contributed by atoms with Crippen LogP contribution in [0.15, 0.2) is 4.99 Å². The van der Waals surface area contributed by atoms with Gasteiger partial charge in [-0.2, -0.15) is 0 Å². The van der Waals surface area contributed by atoms with Crippen LogP contribution < -0.4 is 11.1 Å². The van der Waals surface area contributed by atoms with Gasteiger partial charge < -0.3 is 20.7 Å². The van der Waals surface area contributed by atoms with Crippen LogP contribution in [0, 0.1) is 11.3 Å². The summed E-state index contributed by atoms with van der Waals surface area (Å²) in [5.74, 6) is 1.15. The van der Waals surface area contributed by atoms with Gasteiger partial charge in [-0.25, -0.2) is 0 Å². The quantitative estimate of drug-likeness (QED) is 0.335. The number of nitrogens with two attached hydrogens (primary N) is 1. The Morgan fingerprint density at radius 1 is 1.46 bits per heavy atom. The van der Waals surface area contributed by atoms with Gasteiger partial charge in [0.1, 0.15) is 0 Å². The van der Waals surface area contributed by atoms with Crippen molar-refractivity contribution in [2.75, 3.05) is 39.9 Å². The van der Waals surface area contributed by atoms with Gasteiger partial charge in [0.2, 0.25) is 5.91 Å². The molecule has 0 aromatic heterocycles. The zero-order valence-electron chi connectivity index (χ0n) is 15.1. The predicted molar refractivity (Wildman–Crippen MR) is 108 cm³/mol. The average Bonchev–Trinajstić information content (AvgIpc) is 3.29. The van der Waals surface area contributed by atoms with Gasteiger partial charge in [-0.05, 0) is 50.4 Å². The highest BCUT2D eigenvalue weighted by Gasteiger charge is 2.42. The van der Waals surface area contributed by atoms with Gasteiger partial charge in [-0.1, -0.05) is 0 Å². The van der Waals surface area contributed by atoms with Gasteiger partial charge >= 0.3 is 0 Å². The maximum atomic E-state index is 11.2. The van der Waals surface area contributed by atoms with Crippen molar-refractivity contribution in [3.63, 3.8) is 0 Å². The second kappa shape index (κ2) is 10.4. The van der Waals surface area contributed by atoms with Crippen LogP contribution in [0.3, 0.4) is 0 Å². The number of likely N-dealkylation sites (tertiary alicyclic amines) is 1. The Bertz CT molecular complexity index is 427. The number of halogens is 1. The van der Waals surface area contributed by atoms with Crippen molar-refractivity contribution in [3.8, 4) is 0 Å². The van der Waals surface area contributed by atoms with Gasteiger partial charge in [-0.15, -0.1) is 24.0 Å². The first kappa shape index (κ1) is 21.5. The minimum atomic E-state index is -0.199. The van der Waals surface area contributed by atoms with E-state index in [0.29, 0.717) is 17.8 Å². The maximum Gasteiger partial charge on any atom is 0.217 e. The highest BCUT2D eigenvalue weighted by molar-refractivity contribution is 14.0. The highest BCUT2D eigenvalue weighted by Crippen LogP contribution is 2.49. The topological polar surface area (TPSA) is 80.0 Å². The van der Waals surface area contributed by atoms with Crippen LogP contribution in [0.2, 0.25) is 0 Å². The van der Waals surface area contributed by atoms with Crippen molar-refractivity contribution in [1.82, 2.24) is 10.2 Å². The molecule has 140 valence electrons. The van der Waals surface area contributed by atoms with Gasteiger partial charge in [-0.3, -0.25) is 9.79 Å². The molecule has 1 unspecified atom stereocenters. The summed E-state index contributed by atoms with van der Waals surface area (Å²) < 4.78 is 5.22. The van der Waals surface area contributed by atoms with Crippen molar-refractivity contribution in [1.29, 1.82) is 0 Å². The van der Waals surface area contributed by atoms with E-state index in [0.717, 1.165) is 58.0 Å². The Labute approximate surface area is 163 Å². The number of methoxy groups -OCH3 is 1. The van der Waals surface area contributed by atoms with Crippen molar-refractivity contribution in [3.05, 3.63) is 0 Å². The molecule has 1 heterocycles. The number of aliphatic imine (C=N–C) groups is 1. The summed E-state index contributed by atoms with van der Waals surface area (Å²) in [4.78, 5) is 18.4. The minimum Gasteiger partial charge on any atom is -0.385 e. The van der Waals surface area contributed by atoms with E-state index in [9.17, 15) is 4.79 Å². The Balaban J connectivity index is 0.00000288. The molecule has 1 saturated heterocycles. The number of carbonyl (C=O) groups excluding carboxylic acids is 1. The molecule has 1 atom stereocenters. The second-order valence-corrected chi connectivity index (χ2v) is 7.04. The number of nitrogens with zero attached hydrogens (tertiary/aromatic N) is 2. The summed E-state index contributed by atoms with van der Waals surface area (Å²) in [6.07, 6.45) is 6.26. The van der Waals surface area contributed by atoms with Gasteiger partial charge in [0, 0.05) is 46.3 Å². The van der Waals surface area contributed by atoms with E-state index >= 15 is 0 Å². The molecule has 3 N–H and O–H groups in total. The lowest BCUT2D eigenvalue weighted by Gasteiger charge is -2.35. The molecule has 1 aliphatic carbocycles. The molecule has 1 saturated carbocycles. The predicted octanol–water partition coefficient (Wildman–Crippen LogP) is 1.97. The minimum absolute atomic E-state index is 0. The molecule has 0 bridgehead atoms. The molecule has 24 heavy (non-hydrogen) atoms. The number of guanidine groups is 1. The van der Waals surface area contributed by atoms with E-state index in [2.05, 4.69) is 17.1 Å². The van der Waals surface area contributed by atoms with E-state index in [1.54, 1.807) is 7.11 Å². The molecule has 6 nitrogen and oxygen atoms in total. The molecule has 0 aromatic rings. The molecular weight excluding hydrogens is 419 g/mol. The molecule has 0 radical (unpaired) electrons. The van der Waals surface area contributed by atoms with Crippen LogP contribution in [-0.2, 0) is 9.53 Å². The molecule has 2 fully saturated rings. The number of primary amides is 1. The molecular formula is C17H33IN4O2. The number of piperidine rings is 1. The maximum absolute atomic E-state index is 11.2. The Hall–Kier alpha value is -0.570. The third kappa shape index (κ3) is 6.74. The molecule has 0 spiro atoms. The smallest absolute Gasteiger partial charge is 0.217 e. The van der Waals surface area contributed by atoms with Gasteiger partial charge in [0.15, 0.2) is 5.96 Å². The fourth-order valence-electron chi connectivity index (χ4n) is 3.36. The van der Waals surface area contributed by atoms with Crippen LogP contribution in [0.25, 0.3) is 0 Å². The van der Waals surface area contributed by atoms with Gasteiger partial charge in [0.25, 0.3) is 0 Å². The van der Waals surface area contributed by atoms with Gasteiger partial charge in [0.05, 0.1) is 0 Å². The van der Waals surface area contributed by atoms with E-state index in [-0.39, 0.29) is 29.9 Å². The third-order valence-electron chi connectivity index (χ3n) is 5.00. The largest absolute Gasteiger partial charge is 0.385 e. The lowest BCUT2D eigenvalue weighted by molar-refractivity contribution is -0.119. The number of hydrogen-bond donors (Lipinski definition) is 2. The number of carbonyl (C=O) groups is 1. The number of ether oxygens (including phenoxy) is 1. The van der Waals surface area contributed by atoms with Crippen molar-refractivity contribution < 1.29 is 9.53 Å². The number of hydrogen-bond acceptors (Lipinski definition) is 3. The summed E-state index contributed by atoms with van der Waals surface area (Å²) in [6.45, 7) is 6.53. The summed E-state index contributed by atoms with van der Waals surface area (Å²) in [7, 11) is 1.76. The first-order valence-corrected chi connectivity index (χ1v) is 8.89. The summed E-state index contributed by atoms with van der Waals surface area (Å²) in [6, 6.07) is 0. The van der Waals surface area contributed by atoms with Crippen molar-refractivity contribution in [2.45, 2.75) is 45.4 Å². The zero-order valence-corrected chi connectivity index (χ0v) is 17.4. The second-order valence-electron chi connectivity index (χ2n) is 7.04. The highest BCUT2D eigenvalue weighted by atomic mass is 127. The van der Waals surface area contributed by atoms with E-state index in [4.69, 9.17) is 15.5 Å². The normalized spacial score (nSPS) is 22.7. The van der Waals surface area contributed by atoms with E-state index < -0.39 is 0 Å². The fraction of sp³-hybridized carbons (Fsp3) is 0.882. The van der Waals surface area contributed by atoms with E-state index in [1.807, 2.05) is 0 Å². The Morgan fingerprint density at radius 2 is 2.21 bits per heavy atom. The lowest BCUT2D eigenvalue weighted by Crippen LogP contribution is -2.47. The summed E-state index contributed by atoms with van der Waals surface area (Å²) in [5.41, 5.74) is 5.72. The standard InChI is InChI=1S/C17H32N4O2.HI/c1-3-19-16(20-13-17(6-7-17)8-10-23-2)21-9-4-5-14(12-21)11-15(18)22;/h14H,3-13H2,1-2H3,(H2,18,22)(H,19,20);1H. The Kier molecular flexibility index (Phi) is 9.33. The average molecular weight is 452 g/mol. The molecule has 2 rings (SSSR count). The first-order valence-electron chi connectivity index (χ1n) is 8.89. The lowest BCUT2D eigenvalue weighted by atomic mass is 9.95. The van der Waals surface area contributed by atoms with Crippen LogP contribution in [-0.4, -0.2) is 56.7 Å². The molecule has 7 heteroatoms. The monoisotopic (exact) mass is 452 g/mol. The molecule has 2 aliphatic rings. The third-order valence-corrected chi connectivity index (χ3v) is 5.00. The number of nitrogens with one attached hydrogen (secondary N) is 1. The molecule has 1 amide bonds. The van der Waals surface area contributed by atoms with Crippen LogP contribution in [0.5, 0.6) is 0 Å². The van der Waals surface area contributed by atoms with Crippen molar-refractivity contribution >= 4 is 35.8 Å². The van der Waals surface area contributed by atoms with Crippen LogP contribution in [0.4, 0.5) is 0 Å². The molecule has 1 aliphatic heterocycles. The Morgan fingerprint density at radius 3 is 2.79 bits per heavy atom. The zero-order chi connectivity index (χ0) is 16.7. The van der Waals surface area contributed by atoms with E-state index in [1.165, 1.54) is 12.8 Å². The van der Waals surface area contributed by atoms with Crippen molar-refractivity contribution in [2.24, 2.45) is 22.1 Å². The number of rotatable bonds is 8. The summed E-state index contributed by atoms with van der Waals surface area (Å²) in [5, 5.41) is 3.41. The molecule has 0 aromatic carbocycles. The summed E-state index contributed by atoms with van der Waals surface area (Å²) >= 11 is 0. The van der Waals surface area contributed by atoms with Crippen LogP contribution in [0.1, 0.15) is 45.4 Å². The van der Waals surface area contributed by atoms with Crippen LogP contribution >= 0.6 is 24.0 Å². The number of amides is 1.